The molecule has 0 fully saturated rings. The highest BCUT2D eigenvalue weighted by atomic mass is 35.5. The Hall–Kier alpha value is -2.20. The molecule has 0 aliphatic rings. The molecule has 3 N–H and O–H groups in total. The number of hydrogen-bond acceptors (Lipinski definition) is 4. The van der Waals surface area contributed by atoms with Crippen LogP contribution in [0.2, 0.25) is 5.02 Å². The van der Waals surface area contributed by atoms with Crippen molar-refractivity contribution in [3.05, 3.63) is 52.5 Å². The van der Waals surface area contributed by atoms with Crippen LogP contribution in [-0.2, 0) is 4.74 Å². The van der Waals surface area contributed by atoms with E-state index in [1.165, 1.54) is 0 Å². The standard InChI is InChI=1S/C16H17ClN2O2/c1-3-21-16(20)11-4-6-15(13(18)9-11)19-14-7-5-12(17)8-10(14)2/h4-9,19H,3,18H2,1-2H3. The number of rotatable bonds is 4. The number of esters is 1. The molecular formula is C16H17ClN2O2. The minimum Gasteiger partial charge on any atom is -0.462 e. The second-order valence-electron chi connectivity index (χ2n) is 4.61. The number of nitrogens with one attached hydrogen (secondary N) is 1. The summed E-state index contributed by atoms with van der Waals surface area (Å²) in [5.41, 5.74) is 9.56. The van der Waals surface area contributed by atoms with Gasteiger partial charge in [0.05, 0.1) is 23.5 Å². The summed E-state index contributed by atoms with van der Waals surface area (Å²) in [7, 11) is 0. The summed E-state index contributed by atoms with van der Waals surface area (Å²) < 4.78 is 4.94. The van der Waals surface area contributed by atoms with Crippen LogP contribution >= 0.6 is 11.6 Å². The molecule has 110 valence electrons. The first-order chi connectivity index (χ1) is 10.0. The second-order valence-corrected chi connectivity index (χ2v) is 5.04. The smallest absolute Gasteiger partial charge is 0.338 e. The van der Waals surface area contributed by atoms with Crippen molar-refractivity contribution in [1.82, 2.24) is 0 Å². The fourth-order valence-electron chi connectivity index (χ4n) is 1.93. The first-order valence-corrected chi connectivity index (χ1v) is 6.99. The van der Waals surface area contributed by atoms with Crippen LogP contribution in [0.25, 0.3) is 0 Å². The average Bonchev–Trinajstić information content (AvgIpc) is 2.44. The summed E-state index contributed by atoms with van der Waals surface area (Å²) >= 11 is 5.93. The summed E-state index contributed by atoms with van der Waals surface area (Å²) in [4.78, 5) is 11.6. The highest BCUT2D eigenvalue weighted by Crippen LogP contribution is 2.27. The number of hydrogen-bond donors (Lipinski definition) is 2. The van der Waals surface area contributed by atoms with Crippen molar-refractivity contribution in [2.75, 3.05) is 17.7 Å². The van der Waals surface area contributed by atoms with Crippen molar-refractivity contribution in [2.45, 2.75) is 13.8 Å². The molecule has 0 saturated carbocycles. The maximum absolute atomic E-state index is 11.6. The van der Waals surface area contributed by atoms with Gasteiger partial charge in [-0.05, 0) is 55.8 Å². The first kappa shape index (κ1) is 15.2. The molecule has 5 heteroatoms. The molecule has 0 aromatic heterocycles. The molecule has 4 nitrogen and oxygen atoms in total. The molecule has 0 bridgehead atoms. The van der Waals surface area contributed by atoms with Gasteiger partial charge in [0.25, 0.3) is 0 Å². The molecule has 0 unspecified atom stereocenters. The Bertz CT molecular complexity index is 671. The molecule has 0 atom stereocenters. The van der Waals surface area contributed by atoms with E-state index < -0.39 is 0 Å². The Labute approximate surface area is 128 Å². The van der Waals surface area contributed by atoms with Crippen molar-refractivity contribution in [3.63, 3.8) is 0 Å². The summed E-state index contributed by atoms with van der Waals surface area (Å²) in [6.45, 7) is 4.06. The summed E-state index contributed by atoms with van der Waals surface area (Å²) in [6, 6.07) is 10.6. The number of nitrogens with two attached hydrogens (primary N) is 1. The molecule has 2 aromatic rings. The number of aryl methyl sites for hydroxylation is 1. The van der Waals surface area contributed by atoms with Gasteiger partial charge < -0.3 is 15.8 Å². The maximum atomic E-state index is 11.6. The number of halogens is 1. The van der Waals surface area contributed by atoms with Crippen LogP contribution in [0.15, 0.2) is 36.4 Å². The zero-order valence-electron chi connectivity index (χ0n) is 11.9. The second kappa shape index (κ2) is 6.50. The topological polar surface area (TPSA) is 64.3 Å². The highest BCUT2D eigenvalue weighted by Gasteiger charge is 2.09. The molecule has 0 saturated heterocycles. The lowest BCUT2D eigenvalue weighted by Gasteiger charge is -2.13. The van der Waals surface area contributed by atoms with E-state index in [0.717, 1.165) is 16.9 Å². The van der Waals surface area contributed by atoms with Gasteiger partial charge in [0.1, 0.15) is 0 Å². The molecular weight excluding hydrogens is 288 g/mol. The minimum absolute atomic E-state index is 0.336. The first-order valence-electron chi connectivity index (χ1n) is 6.61. The van der Waals surface area contributed by atoms with E-state index in [4.69, 9.17) is 22.1 Å². The van der Waals surface area contributed by atoms with Crippen molar-refractivity contribution in [3.8, 4) is 0 Å². The largest absolute Gasteiger partial charge is 0.462 e. The van der Waals surface area contributed by atoms with Crippen LogP contribution in [0.1, 0.15) is 22.8 Å². The minimum atomic E-state index is -0.376. The third-order valence-electron chi connectivity index (χ3n) is 3.02. The monoisotopic (exact) mass is 304 g/mol. The van der Waals surface area contributed by atoms with E-state index in [1.54, 1.807) is 31.2 Å². The van der Waals surface area contributed by atoms with E-state index in [0.29, 0.717) is 22.9 Å². The number of carbonyl (C=O) groups excluding carboxylic acids is 1. The van der Waals surface area contributed by atoms with Gasteiger partial charge in [-0.1, -0.05) is 11.6 Å². The Morgan fingerprint density at radius 1 is 1.24 bits per heavy atom. The fourth-order valence-corrected chi connectivity index (χ4v) is 2.16. The van der Waals surface area contributed by atoms with Crippen molar-refractivity contribution in [1.29, 1.82) is 0 Å². The van der Waals surface area contributed by atoms with E-state index in [-0.39, 0.29) is 5.97 Å². The Balaban J connectivity index is 2.23. The van der Waals surface area contributed by atoms with Gasteiger partial charge in [0.15, 0.2) is 0 Å². The maximum Gasteiger partial charge on any atom is 0.338 e. The van der Waals surface area contributed by atoms with Gasteiger partial charge in [-0.3, -0.25) is 0 Å². The average molecular weight is 305 g/mol. The van der Waals surface area contributed by atoms with E-state index >= 15 is 0 Å². The molecule has 0 amide bonds. The van der Waals surface area contributed by atoms with Crippen molar-refractivity contribution >= 4 is 34.6 Å². The third-order valence-corrected chi connectivity index (χ3v) is 3.26. The summed E-state index contributed by atoms with van der Waals surface area (Å²) in [5, 5.41) is 3.91. The summed E-state index contributed by atoms with van der Waals surface area (Å²) in [5.74, 6) is -0.376. The molecule has 2 aromatic carbocycles. The van der Waals surface area contributed by atoms with Gasteiger partial charge >= 0.3 is 5.97 Å². The lowest BCUT2D eigenvalue weighted by atomic mass is 10.1. The van der Waals surface area contributed by atoms with Crippen LogP contribution in [0.3, 0.4) is 0 Å². The zero-order chi connectivity index (χ0) is 15.4. The van der Waals surface area contributed by atoms with Gasteiger partial charge in [0.2, 0.25) is 0 Å². The molecule has 0 radical (unpaired) electrons. The lowest BCUT2D eigenvalue weighted by molar-refractivity contribution is 0.0526. The Morgan fingerprint density at radius 2 is 1.95 bits per heavy atom. The molecule has 21 heavy (non-hydrogen) atoms. The van der Waals surface area contributed by atoms with Crippen LogP contribution < -0.4 is 11.1 Å². The van der Waals surface area contributed by atoms with Crippen molar-refractivity contribution in [2.24, 2.45) is 0 Å². The van der Waals surface area contributed by atoms with E-state index in [9.17, 15) is 4.79 Å². The quantitative estimate of drug-likeness (QED) is 0.658. The number of nitrogen functional groups attached to an aromatic ring is 1. The predicted molar refractivity (Wildman–Crippen MR) is 86.3 cm³/mol. The molecule has 2 rings (SSSR count). The van der Waals surface area contributed by atoms with E-state index in [1.807, 2.05) is 19.1 Å². The van der Waals surface area contributed by atoms with Crippen LogP contribution in [0.5, 0.6) is 0 Å². The predicted octanol–water partition coefficient (Wildman–Crippen LogP) is 4.15. The van der Waals surface area contributed by atoms with Gasteiger partial charge in [-0.15, -0.1) is 0 Å². The lowest BCUT2D eigenvalue weighted by Crippen LogP contribution is -2.06. The van der Waals surface area contributed by atoms with Crippen molar-refractivity contribution < 1.29 is 9.53 Å². The highest BCUT2D eigenvalue weighted by molar-refractivity contribution is 6.30. The molecule has 0 aliphatic carbocycles. The van der Waals surface area contributed by atoms with Crippen LogP contribution in [0.4, 0.5) is 17.1 Å². The van der Waals surface area contributed by atoms with Crippen LogP contribution in [-0.4, -0.2) is 12.6 Å². The fraction of sp³-hybridized carbons (Fsp3) is 0.188. The van der Waals surface area contributed by atoms with E-state index in [2.05, 4.69) is 5.32 Å². The zero-order valence-corrected chi connectivity index (χ0v) is 12.7. The Kier molecular flexibility index (Phi) is 4.70. The number of benzene rings is 2. The Morgan fingerprint density at radius 3 is 2.57 bits per heavy atom. The third kappa shape index (κ3) is 3.67. The van der Waals surface area contributed by atoms with Gasteiger partial charge in [-0.25, -0.2) is 4.79 Å². The number of ether oxygens (including phenoxy) is 1. The number of carbonyl (C=O) groups is 1. The van der Waals surface area contributed by atoms with Crippen LogP contribution in [0, 0.1) is 6.92 Å². The normalized spacial score (nSPS) is 10.2. The summed E-state index contributed by atoms with van der Waals surface area (Å²) in [6.07, 6.45) is 0. The molecule has 0 spiro atoms. The van der Waals surface area contributed by atoms with Gasteiger partial charge in [-0.2, -0.15) is 0 Å². The molecule has 0 heterocycles. The SMILES string of the molecule is CCOC(=O)c1ccc(Nc2ccc(Cl)cc2C)c(N)c1. The number of anilines is 3. The van der Waals surface area contributed by atoms with Gasteiger partial charge in [0, 0.05) is 10.7 Å². The molecule has 0 aliphatic heterocycles.